The number of rotatable bonds is 3. The van der Waals surface area contributed by atoms with Gasteiger partial charge >= 0.3 is 0 Å². The van der Waals surface area contributed by atoms with Crippen molar-refractivity contribution in [2.45, 2.75) is 6.37 Å². The topological polar surface area (TPSA) is 66.5 Å². The van der Waals surface area contributed by atoms with Crippen LogP contribution in [0.3, 0.4) is 0 Å². The smallest absolute Gasteiger partial charge is 0.157 e. The van der Waals surface area contributed by atoms with Crippen LogP contribution < -0.4 is 5.72 Å². The fourth-order valence-electron chi connectivity index (χ4n) is 0.608. The fraction of sp³-hybridized carbons (Fsp3) is 0.250. The average molecular weight is 160 g/mol. The van der Waals surface area contributed by atoms with Gasteiger partial charge < -0.3 is 15.9 Å². The number of phenolic OH excluding ortho intramolecular Hbond substituents is 2. The summed E-state index contributed by atoms with van der Waals surface area (Å²) in [6.45, 7) is -3.04. The third kappa shape index (κ3) is 1.85. The molecule has 3 nitrogen and oxygen atoms in total. The number of hydrogen-bond donors (Lipinski definition) is 3. The lowest BCUT2D eigenvalue weighted by Gasteiger charge is -2.00. The molecule has 0 unspecified atom stereocenters. The molecule has 0 aliphatic rings. The number of aryl methyl sites for hydroxylation is 1. The zero-order valence-corrected chi connectivity index (χ0v) is 5.50. The zero-order valence-electron chi connectivity index (χ0n) is 12.5. The van der Waals surface area contributed by atoms with E-state index in [9.17, 15) is 5.11 Å². The van der Waals surface area contributed by atoms with Gasteiger partial charge in [-0.3, -0.25) is 0 Å². The number of aromatic hydroxyl groups is 2. The lowest BCUT2D eigenvalue weighted by atomic mass is 10.1. The second-order valence-electron chi connectivity index (χ2n) is 1.84. The van der Waals surface area contributed by atoms with Crippen molar-refractivity contribution in [2.24, 2.45) is 5.72 Å². The Morgan fingerprint density at radius 2 is 2.36 bits per heavy atom. The predicted molar refractivity (Wildman–Crippen MR) is 42.5 cm³/mol. The molecule has 0 spiro atoms. The molecule has 1 aromatic rings. The Balaban J connectivity index is 3.42. The van der Waals surface area contributed by atoms with Crippen LogP contribution in [0.15, 0.2) is 18.2 Å². The van der Waals surface area contributed by atoms with E-state index < -0.39 is 41.7 Å². The van der Waals surface area contributed by atoms with Gasteiger partial charge in [-0.05, 0) is 30.5 Å². The zero-order chi connectivity index (χ0) is 14.3. The summed E-state index contributed by atoms with van der Waals surface area (Å²) in [5.74, 6) is -1.51. The quantitative estimate of drug-likeness (QED) is 0.567. The SMILES string of the molecule is [2H]c1c(C([2H])([2H])C([2H])([2H])N([2H])[2H])ccc(O)c1O. The van der Waals surface area contributed by atoms with Gasteiger partial charge in [-0.2, -0.15) is 0 Å². The summed E-state index contributed by atoms with van der Waals surface area (Å²) in [5.41, 5.74) is -1.01. The highest BCUT2D eigenvalue weighted by Gasteiger charge is 1.98. The number of hydrogen-bond acceptors (Lipinski definition) is 3. The summed E-state index contributed by atoms with van der Waals surface area (Å²) >= 11 is 0. The van der Waals surface area contributed by atoms with Crippen LogP contribution in [0.5, 0.6) is 11.5 Å². The Kier molecular flexibility index (Phi) is 0.792. The molecule has 0 bridgehead atoms. The predicted octanol–water partition coefficient (Wildman–Crippen LogP) is 0.599. The van der Waals surface area contributed by atoms with E-state index in [1.165, 1.54) is 0 Å². The summed E-state index contributed by atoms with van der Waals surface area (Å²) in [5, 5.41) is 18.5. The second kappa shape index (κ2) is 3.25. The third-order valence-corrected chi connectivity index (χ3v) is 1.09. The fourth-order valence-corrected chi connectivity index (χ4v) is 0.608. The number of phenols is 2. The monoisotopic (exact) mass is 160 g/mol. The highest BCUT2D eigenvalue weighted by molar-refractivity contribution is 5.40. The molecule has 11 heavy (non-hydrogen) atoms. The molecule has 0 aliphatic heterocycles. The first-order chi connectivity index (χ1) is 8.03. The molecule has 1 aromatic carbocycles. The molecule has 0 heterocycles. The molecule has 0 aliphatic carbocycles. The Morgan fingerprint density at radius 3 is 3.09 bits per heavy atom. The minimum atomic E-state index is -3.04. The van der Waals surface area contributed by atoms with Crippen molar-refractivity contribution in [3.8, 4) is 11.5 Å². The lowest BCUT2D eigenvalue weighted by molar-refractivity contribution is 0.403. The second-order valence-corrected chi connectivity index (χ2v) is 1.84. The van der Waals surface area contributed by atoms with E-state index in [4.69, 9.17) is 14.8 Å². The number of nitrogens with two attached hydrogens (primary N) is 1. The highest BCUT2D eigenvalue weighted by atomic mass is 16.3. The van der Waals surface area contributed by atoms with E-state index in [0.29, 0.717) is 0 Å². The highest BCUT2D eigenvalue weighted by Crippen LogP contribution is 2.24. The molecule has 0 atom stereocenters. The average Bonchev–Trinajstić information content (AvgIpc) is 2.25. The Hall–Kier alpha value is -1.22. The molecular formula is C8H11NO2. The number of benzene rings is 1. The van der Waals surface area contributed by atoms with Gasteiger partial charge in [0.1, 0.15) is 2.82 Å². The van der Waals surface area contributed by atoms with Crippen molar-refractivity contribution < 1.29 is 19.9 Å². The van der Waals surface area contributed by atoms with E-state index in [-0.39, 0.29) is 0 Å². The van der Waals surface area contributed by atoms with Crippen LogP contribution in [-0.4, -0.2) is 16.7 Å². The van der Waals surface area contributed by atoms with Crippen molar-refractivity contribution in [1.82, 2.24) is 0 Å². The maximum absolute atomic E-state index is 9.32. The van der Waals surface area contributed by atoms with Gasteiger partial charge in [0.2, 0.25) is 0 Å². The molecule has 0 saturated heterocycles. The van der Waals surface area contributed by atoms with Gasteiger partial charge in [0.05, 0.1) is 1.37 Å². The largest absolute Gasteiger partial charge is 0.504 e. The van der Waals surface area contributed by atoms with Crippen LogP contribution in [0.1, 0.15) is 12.4 Å². The van der Waals surface area contributed by atoms with Crippen molar-refractivity contribution in [1.29, 1.82) is 0 Å². The van der Waals surface area contributed by atoms with Crippen LogP contribution in [0.25, 0.3) is 0 Å². The molecule has 1 rings (SSSR count). The summed E-state index contributed by atoms with van der Waals surface area (Å²) in [4.78, 5) is 0. The van der Waals surface area contributed by atoms with Crippen molar-refractivity contribution in [2.75, 3.05) is 6.50 Å². The summed E-state index contributed by atoms with van der Waals surface area (Å²) in [6, 6.07) is 1.05. The maximum atomic E-state index is 9.32. The molecule has 0 fully saturated rings. The van der Waals surface area contributed by atoms with Crippen LogP contribution in [0.4, 0.5) is 0 Å². The van der Waals surface area contributed by atoms with E-state index in [2.05, 4.69) is 0 Å². The Bertz CT molecular complexity index is 463. The van der Waals surface area contributed by atoms with Crippen LogP contribution in [-0.2, 0) is 6.37 Å². The summed E-state index contributed by atoms with van der Waals surface area (Å²) in [7, 11) is 0. The molecule has 0 radical (unpaired) electrons. The third-order valence-electron chi connectivity index (χ3n) is 1.09. The van der Waals surface area contributed by atoms with E-state index >= 15 is 0 Å². The summed E-state index contributed by atoms with van der Waals surface area (Å²) in [6.07, 6.45) is -2.89. The van der Waals surface area contributed by atoms with Gasteiger partial charge in [0.25, 0.3) is 0 Å². The molecule has 3 heteroatoms. The molecule has 0 saturated carbocycles. The van der Waals surface area contributed by atoms with Crippen LogP contribution in [0.2, 0.25) is 2.82 Å². The minimum absolute atomic E-state index is 0.448. The first-order valence-electron chi connectivity index (χ1n) is 6.23. The lowest BCUT2D eigenvalue weighted by Crippen LogP contribution is -2.02. The summed E-state index contributed by atoms with van der Waals surface area (Å²) < 4.78 is 51.1. The van der Waals surface area contributed by atoms with Gasteiger partial charge in [-0.1, -0.05) is 6.07 Å². The van der Waals surface area contributed by atoms with E-state index in [0.717, 1.165) is 12.1 Å². The Labute approximate surface area is 75.0 Å². The molecule has 4 N–H and O–H groups in total. The van der Waals surface area contributed by atoms with Crippen LogP contribution in [0, 0.1) is 0 Å². The first kappa shape index (κ1) is 2.68. The van der Waals surface area contributed by atoms with Crippen molar-refractivity contribution >= 4 is 0 Å². The molecular weight excluding hydrogens is 142 g/mol. The maximum Gasteiger partial charge on any atom is 0.157 e. The van der Waals surface area contributed by atoms with Crippen molar-refractivity contribution in [3.05, 3.63) is 23.7 Å². The van der Waals surface area contributed by atoms with E-state index in [1.54, 1.807) is 0 Å². The minimum Gasteiger partial charge on any atom is -0.504 e. The van der Waals surface area contributed by atoms with Crippen molar-refractivity contribution in [3.63, 3.8) is 0 Å². The van der Waals surface area contributed by atoms with Crippen LogP contribution >= 0.6 is 0 Å². The van der Waals surface area contributed by atoms with E-state index in [1.807, 2.05) is 0 Å². The molecule has 0 amide bonds. The molecule has 0 aromatic heterocycles. The van der Waals surface area contributed by atoms with Gasteiger partial charge in [0, 0.05) is 5.48 Å². The Morgan fingerprint density at radius 1 is 1.55 bits per heavy atom. The normalized spacial score (nSPS) is 22.1. The first-order valence-corrected chi connectivity index (χ1v) is 2.83. The van der Waals surface area contributed by atoms with Gasteiger partial charge in [-0.25, -0.2) is 0 Å². The standard InChI is InChI=1S/C8H11NO2/c9-4-3-6-1-2-7(10)8(11)5-6/h1-2,5,10-11H,3-4,9H2/i3D2,4D2,5D/hD2. The molecule has 60 valence electrons. The van der Waals surface area contributed by atoms with Gasteiger partial charge in [0.15, 0.2) is 11.5 Å². The van der Waals surface area contributed by atoms with Gasteiger partial charge in [-0.15, -0.1) is 0 Å².